The number of nitrogens with zero attached hydrogens (tertiary/aromatic N) is 3. The van der Waals surface area contributed by atoms with E-state index in [1.54, 1.807) is 6.26 Å². The van der Waals surface area contributed by atoms with Crippen LogP contribution in [-0.2, 0) is 23.8 Å². The lowest BCUT2D eigenvalue weighted by Crippen LogP contribution is -2.05. The first-order valence-corrected chi connectivity index (χ1v) is 11.0. The summed E-state index contributed by atoms with van der Waals surface area (Å²) in [7, 11) is -0.683. The van der Waals surface area contributed by atoms with Crippen LogP contribution in [-0.4, -0.2) is 30.8 Å². The topological polar surface area (TPSA) is 47.8 Å². The van der Waals surface area contributed by atoms with E-state index in [1.165, 1.54) is 23.1 Å². The predicted molar refractivity (Wildman–Crippen MR) is 106 cm³/mol. The average Bonchev–Trinajstić information content (AvgIpc) is 2.97. The Morgan fingerprint density at radius 3 is 2.72 bits per heavy atom. The SMILES string of the molecule is CCCCc1nc2cnc3ccccc3c2n1CCCCCS(C)=O. The van der Waals surface area contributed by atoms with Gasteiger partial charge < -0.3 is 4.57 Å². The Morgan fingerprint density at radius 2 is 1.92 bits per heavy atom. The van der Waals surface area contributed by atoms with Crippen LogP contribution >= 0.6 is 0 Å². The molecule has 0 fully saturated rings. The zero-order chi connectivity index (χ0) is 17.6. The lowest BCUT2D eigenvalue weighted by molar-refractivity contribution is 0.583. The molecule has 1 aromatic carbocycles. The summed E-state index contributed by atoms with van der Waals surface area (Å²) in [6.07, 6.45) is 10.3. The van der Waals surface area contributed by atoms with Crippen molar-refractivity contribution in [3.05, 3.63) is 36.3 Å². The molecule has 0 N–H and O–H groups in total. The molecule has 2 heterocycles. The van der Waals surface area contributed by atoms with Gasteiger partial charge >= 0.3 is 0 Å². The fourth-order valence-electron chi connectivity index (χ4n) is 3.33. The van der Waals surface area contributed by atoms with Gasteiger partial charge in [0.05, 0.1) is 17.2 Å². The smallest absolute Gasteiger partial charge is 0.109 e. The molecule has 0 spiro atoms. The maximum atomic E-state index is 11.2. The van der Waals surface area contributed by atoms with Gasteiger partial charge in [0.1, 0.15) is 11.3 Å². The molecule has 0 amide bonds. The summed E-state index contributed by atoms with van der Waals surface area (Å²) < 4.78 is 13.6. The Kier molecular flexibility index (Phi) is 6.19. The molecule has 0 radical (unpaired) electrons. The Hall–Kier alpha value is -1.75. The number of unbranched alkanes of at least 4 members (excludes halogenated alkanes) is 3. The molecule has 3 aromatic rings. The molecule has 0 saturated heterocycles. The van der Waals surface area contributed by atoms with Crippen molar-refractivity contribution in [3.63, 3.8) is 0 Å². The average molecular weight is 358 g/mol. The van der Waals surface area contributed by atoms with E-state index >= 15 is 0 Å². The highest BCUT2D eigenvalue weighted by molar-refractivity contribution is 7.84. The van der Waals surface area contributed by atoms with Gasteiger partial charge in [-0.25, -0.2) is 4.98 Å². The minimum Gasteiger partial charge on any atom is -0.327 e. The van der Waals surface area contributed by atoms with Gasteiger partial charge in [0.25, 0.3) is 0 Å². The molecule has 1 atom stereocenters. The van der Waals surface area contributed by atoms with Crippen LogP contribution in [0.2, 0.25) is 0 Å². The number of fused-ring (bicyclic) bond motifs is 3. The summed E-state index contributed by atoms with van der Waals surface area (Å²) in [5.74, 6) is 1.98. The lowest BCUT2D eigenvalue weighted by atomic mass is 10.2. The molecule has 4 nitrogen and oxygen atoms in total. The number of rotatable bonds is 9. The fourth-order valence-corrected chi connectivity index (χ4v) is 3.94. The molecule has 0 aliphatic carbocycles. The number of hydrogen-bond acceptors (Lipinski definition) is 3. The van der Waals surface area contributed by atoms with Crippen LogP contribution in [0.25, 0.3) is 21.9 Å². The standard InChI is InChI=1S/C20H27N3OS/c1-3-4-12-19-22-18-15-21-17-11-7-6-10-16(17)20(18)23(19)13-8-5-9-14-25(2)24/h6-7,10-11,15H,3-5,8-9,12-14H2,1-2H3. The number of aryl methyl sites for hydroxylation is 2. The number of aromatic nitrogens is 3. The fraction of sp³-hybridized carbons (Fsp3) is 0.500. The number of imidazole rings is 1. The van der Waals surface area contributed by atoms with Gasteiger partial charge in [0, 0.05) is 41.2 Å². The molecule has 3 rings (SSSR count). The summed E-state index contributed by atoms with van der Waals surface area (Å²) in [5, 5.41) is 1.19. The second kappa shape index (κ2) is 8.56. The molecule has 0 aliphatic heterocycles. The van der Waals surface area contributed by atoms with Crippen LogP contribution in [0.3, 0.4) is 0 Å². The second-order valence-electron chi connectivity index (χ2n) is 6.63. The molecule has 0 saturated carbocycles. The normalized spacial score (nSPS) is 12.9. The summed E-state index contributed by atoms with van der Waals surface area (Å²) in [5.41, 5.74) is 3.25. The zero-order valence-electron chi connectivity index (χ0n) is 15.2. The van der Waals surface area contributed by atoms with Crippen molar-refractivity contribution in [3.8, 4) is 0 Å². The zero-order valence-corrected chi connectivity index (χ0v) is 16.0. The van der Waals surface area contributed by atoms with E-state index in [1.807, 2.05) is 12.3 Å². The van der Waals surface area contributed by atoms with Crippen molar-refractivity contribution < 1.29 is 4.21 Å². The van der Waals surface area contributed by atoms with Gasteiger partial charge in [-0.1, -0.05) is 38.0 Å². The van der Waals surface area contributed by atoms with Crippen LogP contribution in [0.15, 0.2) is 30.5 Å². The van der Waals surface area contributed by atoms with Gasteiger partial charge in [-0.2, -0.15) is 0 Å². The van der Waals surface area contributed by atoms with E-state index < -0.39 is 10.8 Å². The first-order chi connectivity index (χ1) is 12.2. The summed E-state index contributed by atoms with van der Waals surface area (Å²) >= 11 is 0. The predicted octanol–water partition coefficient (Wildman–Crippen LogP) is 4.48. The van der Waals surface area contributed by atoms with Gasteiger partial charge in [0.2, 0.25) is 0 Å². The molecule has 2 aromatic heterocycles. The van der Waals surface area contributed by atoms with E-state index in [0.29, 0.717) is 0 Å². The number of benzene rings is 1. The molecule has 134 valence electrons. The van der Waals surface area contributed by atoms with Crippen molar-refractivity contribution in [2.45, 2.75) is 52.0 Å². The molecule has 1 unspecified atom stereocenters. The molecular formula is C20H27N3OS. The highest BCUT2D eigenvalue weighted by Crippen LogP contribution is 2.26. The third-order valence-electron chi connectivity index (χ3n) is 4.63. The van der Waals surface area contributed by atoms with Crippen LogP contribution in [0.5, 0.6) is 0 Å². The Labute approximate surface area is 152 Å². The third kappa shape index (κ3) is 4.27. The minimum absolute atomic E-state index is 0.683. The number of hydrogen-bond donors (Lipinski definition) is 0. The van der Waals surface area contributed by atoms with Crippen molar-refractivity contribution in [1.82, 2.24) is 14.5 Å². The van der Waals surface area contributed by atoms with Crippen LogP contribution in [0.1, 0.15) is 44.9 Å². The van der Waals surface area contributed by atoms with Gasteiger partial charge in [-0.15, -0.1) is 0 Å². The highest BCUT2D eigenvalue weighted by atomic mass is 32.2. The van der Waals surface area contributed by atoms with Gasteiger partial charge in [-0.3, -0.25) is 9.19 Å². The summed E-state index contributed by atoms with van der Waals surface area (Å²) in [6.45, 7) is 3.19. The Morgan fingerprint density at radius 1 is 1.08 bits per heavy atom. The second-order valence-corrected chi connectivity index (χ2v) is 8.19. The van der Waals surface area contributed by atoms with E-state index in [2.05, 4.69) is 34.7 Å². The van der Waals surface area contributed by atoms with Crippen LogP contribution in [0.4, 0.5) is 0 Å². The lowest BCUT2D eigenvalue weighted by Gasteiger charge is -2.10. The first-order valence-electron chi connectivity index (χ1n) is 9.23. The molecule has 5 heteroatoms. The van der Waals surface area contributed by atoms with Crippen molar-refractivity contribution >= 4 is 32.7 Å². The molecular weight excluding hydrogens is 330 g/mol. The molecule has 0 aliphatic rings. The monoisotopic (exact) mass is 357 g/mol. The van der Waals surface area contributed by atoms with E-state index in [9.17, 15) is 4.21 Å². The van der Waals surface area contributed by atoms with E-state index in [-0.39, 0.29) is 0 Å². The quantitative estimate of drug-likeness (QED) is 0.531. The van der Waals surface area contributed by atoms with Crippen molar-refractivity contribution in [1.29, 1.82) is 0 Å². The largest absolute Gasteiger partial charge is 0.327 e. The number of para-hydroxylation sites is 1. The Bertz CT molecular complexity index is 872. The summed E-state index contributed by atoms with van der Waals surface area (Å²) in [6, 6.07) is 8.31. The Balaban J connectivity index is 1.91. The highest BCUT2D eigenvalue weighted by Gasteiger charge is 2.13. The van der Waals surface area contributed by atoms with Crippen molar-refractivity contribution in [2.24, 2.45) is 0 Å². The molecule has 0 bridgehead atoms. The minimum atomic E-state index is -0.683. The summed E-state index contributed by atoms with van der Waals surface area (Å²) in [4.78, 5) is 9.44. The van der Waals surface area contributed by atoms with Crippen LogP contribution in [0, 0.1) is 0 Å². The van der Waals surface area contributed by atoms with E-state index in [0.717, 1.165) is 55.4 Å². The van der Waals surface area contributed by atoms with Gasteiger partial charge in [0.15, 0.2) is 0 Å². The maximum Gasteiger partial charge on any atom is 0.109 e. The third-order valence-corrected chi connectivity index (χ3v) is 5.49. The van der Waals surface area contributed by atoms with Crippen LogP contribution < -0.4 is 0 Å². The van der Waals surface area contributed by atoms with Crippen molar-refractivity contribution in [2.75, 3.05) is 12.0 Å². The first kappa shape index (κ1) is 18.1. The van der Waals surface area contributed by atoms with E-state index in [4.69, 9.17) is 4.98 Å². The number of pyridine rings is 1. The maximum absolute atomic E-state index is 11.2. The van der Waals surface area contributed by atoms with Gasteiger partial charge in [-0.05, 0) is 25.3 Å². The molecule has 25 heavy (non-hydrogen) atoms.